The van der Waals surface area contributed by atoms with Crippen LogP contribution in [0.25, 0.3) is 11.4 Å². The Morgan fingerprint density at radius 2 is 1.64 bits per heavy atom. The molecule has 4 rings (SSSR count). The lowest BCUT2D eigenvalue weighted by Crippen LogP contribution is -2.24. The Morgan fingerprint density at radius 1 is 0.929 bits per heavy atom. The Kier molecular flexibility index (Phi) is 5.61. The number of nitrogens with one attached hydrogen (secondary N) is 1. The summed E-state index contributed by atoms with van der Waals surface area (Å²) < 4.78 is 0. The first-order valence-corrected chi connectivity index (χ1v) is 9.76. The predicted octanol–water partition coefficient (Wildman–Crippen LogP) is 3.36. The van der Waals surface area contributed by atoms with E-state index in [4.69, 9.17) is 0 Å². The number of nitrogens with zero attached hydrogens (tertiary/aromatic N) is 5. The fourth-order valence-corrected chi connectivity index (χ4v) is 3.43. The second-order valence-electron chi connectivity index (χ2n) is 7.01. The monoisotopic (exact) mass is 376 g/mol. The van der Waals surface area contributed by atoms with E-state index in [-0.39, 0.29) is 12.5 Å². The van der Waals surface area contributed by atoms with E-state index in [1.165, 1.54) is 36.2 Å². The van der Waals surface area contributed by atoms with Crippen LogP contribution in [0, 0.1) is 0 Å². The summed E-state index contributed by atoms with van der Waals surface area (Å²) in [7, 11) is 0. The molecule has 144 valence electrons. The lowest BCUT2D eigenvalue weighted by atomic mass is 10.2. The molecule has 1 amide bonds. The topological polar surface area (TPSA) is 75.9 Å². The lowest BCUT2D eigenvalue weighted by Gasteiger charge is -2.22. The molecule has 1 fully saturated rings. The molecular weight excluding hydrogens is 352 g/mol. The van der Waals surface area contributed by atoms with Crippen molar-refractivity contribution in [3.05, 3.63) is 54.6 Å². The number of benzene rings is 2. The van der Waals surface area contributed by atoms with E-state index in [1.807, 2.05) is 42.5 Å². The third-order valence-corrected chi connectivity index (χ3v) is 4.89. The molecule has 0 aliphatic carbocycles. The molecule has 3 aromatic rings. The van der Waals surface area contributed by atoms with Gasteiger partial charge in [-0.2, -0.15) is 4.80 Å². The van der Waals surface area contributed by atoms with Crippen LogP contribution >= 0.6 is 0 Å². The van der Waals surface area contributed by atoms with E-state index in [2.05, 4.69) is 37.8 Å². The molecule has 1 N–H and O–H groups in total. The summed E-state index contributed by atoms with van der Waals surface area (Å²) in [6.07, 6.45) is 5.11. The van der Waals surface area contributed by atoms with Crippen molar-refractivity contribution in [2.75, 3.05) is 23.3 Å². The van der Waals surface area contributed by atoms with Gasteiger partial charge in [0.25, 0.3) is 0 Å². The van der Waals surface area contributed by atoms with Crippen molar-refractivity contribution in [3.8, 4) is 11.4 Å². The predicted molar refractivity (Wildman–Crippen MR) is 109 cm³/mol. The summed E-state index contributed by atoms with van der Waals surface area (Å²) in [5, 5.41) is 15.1. The zero-order chi connectivity index (χ0) is 19.2. The quantitative estimate of drug-likeness (QED) is 0.739. The normalized spacial score (nSPS) is 14.5. The maximum absolute atomic E-state index is 12.3. The van der Waals surface area contributed by atoms with Gasteiger partial charge >= 0.3 is 0 Å². The molecule has 7 heteroatoms. The van der Waals surface area contributed by atoms with Crippen molar-refractivity contribution in [2.45, 2.75) is 32.2 Å². The molecule has 1 aliphatic heterocycles. The molecule has 0 spiro atoms. The maximum Gasteiger partial charge on any atom is 0.248 e. The Labute approximate surface area is 164 Å². The number of amides is 1. The Morgan fingerprint density at radius 3 is 2.36 bits per heavy atom. The summed E-state index contributed by atoms with van der Waals surface area (Å²) in [6.45, 7) is 2.23. The Hall–Kier alpha value is -3.22. The molecule has 2 aromatic carbocycles. The standard InChI is InChI=1S/C21H24N6O/c28-20(16-27-24-21(23-25-27)17-8-4-3-5-9-17)22-18-10-12-19(13-11-18)26-14-6-1-2-7-15-26/h3-5,8-13H,1-2,6-7,14-16H2,(H,22,28). The van der Waals surface area contributed by atoms with Crippen LogP contribution in [0.3, 0.4) is 0 Å². The number of rotatable bonds is 5. The van der Waals surface area contributed by atoms with Crippen LogP contribution in [-0.4, -0.2) is 39.2 Å². The van der Waals surface area contributed by atoms with Crippen LogP contribution in [0.1, 0.15) is 25.7 Å². The fourth-order valence-electron chi connectivity index (χ4n) is 3.43. The van der Waals surface area contributed by atoms with E-state index >= 15 is 0 Å². The number of carbonyl (C=O) groups excluding carboxylic acids is 1. The minimum atomic E-state index is -0.181. The van der Waals surface area contributed by atoms with Crippen molar-refractivity contribution >= 4 is 17.3 Å². The molecule has 0 saturated carbocycles. The molecule has 0 radical (unpaired) electrons. The van der Waals surface area contributed by atoms with Gasteiger partial charge in [-0.05, 0) is 42.3 Å². The first-order valence-electron chi connectivity index (χ1n) is 9.76. The molecule has 1 aliphatic rings. The highest BCUT2D eigenvalue weighted by molar-refractivity contribution is 5.90. The molecule has 28 heavy (non-hydrogen) atoms. The first-order chi connectivity index (χ1) is 13.8. The van der Waals surface area contributed by atoms with Gasteiger partial charge in [-0.1, -0.05) is 43.2 Å². The van der Waals surface area contributed by atoms with Crippen LogP contribution in [0.4, 0.5) is 11.4 Å². The molecule has 2 heterocycles. The van der Waals surface area contributed by atoms with Crippen molar-refractivity contribution in [1.29, 1.82) is 0 Å². The largest absolute Gasteiger partial charge is 0.372 e. The van der Waals surface area contributed by atoms with E-state index in [1.54, 1.807) is 0 Å². The number of hydrogen-bond acceptors (Lipinski definition) is 5. The Balaban J connectivity index is 1.34. The molecule has 0 unspecified atom stereocenters. The molecule has 1 aromatic heterocycles. The molecular formula is C21H24N6O. The highest BCUT2D eigenvalue weighted by Crippen LogP contribution is 2.21. The van der Waals surface area contributed by atoms with Gasteiger partial charge in [-0.25, -0.2) is 0 Å². The summed E-state index contributed by atoms with van der Waals surface area (Å²) in [5.74, 6) is 0.328. The van der Waals surface area contributed by atoms with Gasteiger partial charge in [-0.15, -0.1) is 10.2 Å². The fraction of sp³-hybridized carbons (Fsp3) is 0.333. The molecule has 1 saturated heterocycles. The summed E-state index contributed by atoms with van der Waals surface area (Å²) in [5.41, 5.74) is 2.86. The third kappa shape index (κ3) is 4.54. The minimum absolute atomic E-state index is 0.0215. The number of aromatic nitrogens is 4. The molecule has 7 nitrogen and oxygen atoms in total. The van der Waals surface area contributed by atoms with E-state index < -0.39 is 0 Å². The Bertz CT molecular complexity index is 898. The van der Waals surface area contributed by atoms with Crippen molar-refractivity contribution in [2.24, 2.45) is 0 Å². The summed E-state index contributed by atoms with van der Waals surface area (Å²) in [4.78, 5) is 16.0. The van der Waals surface area contributed by atoms with Gasteiger partial charge in [0.2, 0.25) is 11.7 Å². The summed E-state index contributed by atoms with van der Waals surface area (Å²) >= 11 is 0. The van der Waals surface area contributed by atoms with Gasteiger partial charge in [0, 0.05) is 30.0 Å². The van der Waals surface area contributed by atoms with Gasteiger partial charge in [-0.3, -0.25) is 4.79 Å². The van der Waals surface area contributed by atoms with Gasteiger partial charge in [0.15, 0.2) is 0 Å². The van der Waals surface area contributed by atoms with Crippen molar-refractivity contribution < 1.29 is 4.79 Å². The summed E-state index contributed by atoms with van der Waals surface area (Å²) in [6, 6.07) is 17.6. The van der Waals surface area contributed by atoms with E-state index in [0.29, 0.717) is 5.82 Å². The molecule has 0 bridgehead atoms. The zero-order valence-electron chi connectivity index (χ0n) is 15.8. The third-order valence-electron chi connectivity index (χ3n) is 4.89. The first kappa shape index (κ1) is 18.2. The SMILES string of the molecule is O=C(Cn1nnc(-c2ccccc2)n1)Nc1ccc(N2CCCCCC2)cc1. The van der Waals surface area contributed by atoms with Gasteiger partial charge in [0.05, 0.1) is 0 Å². The second-order valence-corrected chi connectivity index (χ2v) is 7.01. The van der Waals surface area contributed by atoms with Crippen LogP contribution in [0.15, 0.2) is 54.6 Å². The van der Waals surface area contributed by atoms with Crippen LogP contribution in [-0.2, 0) is 11.3 Å². The average Bonchev–Trinajstić information content (AvgIpc) is 3.01. The second kappa shape index (κ2) is 8.65. The zero-order valence-corrected chi connectivity index (χ0v) is 15.8. The van der Waals surface area contributed by atoms with Crippen LogP contribution < -0.4 is 10.2 Å². The maximum atomic E-state index is 12.3. The number of anilines is 2. The average molecular weight is 376 g/mol. The molecule has 0 atom stereocenters. The highest BCUT2D eigenvalue weighted by atomic mass is 16.2. The van der Waals surface area contributed by atoms with Crippen molar-refractivity contribution in [3.63, 3.8) is 0 Å². The number of hydrogen-bond donors (Lipinski definition) is 1. The smallest absolute Gasteiger partial charge is 0.248 e. The van der Waals surface area contributed by atoms with Crippen LogP contribution in [0.5, 0.6) is 0 Å². The van der Waals surface area contributed by atoms with Gasteiger partial charge < -0.3 is 10.2 Å². The van der Waals surface area contributed by atoms with E-state index in [9.17, 15) is 4.79 Å². The lowest BCUT2D eigenvalue weighted by molar-refractivity contribution is -0.117. The number of carbonyl (C=O) groups is 1. The number of tetrazole rings is 1. The highest BCUT2D eigenvalue weighted by Gasteiger charge is 2.11. The van der Waals surface area contributed by atoms with Crippen LogP contribution in [0.2, 0.25) is 0 Å². The van der Waals surface area contributed by atoms with E-state index in [0.717, 1.165) is 24.3 Å². The minimum Gasteiger partial charge on any atom is -0.372 e. The van der Waals surface area contributed by atoms with Crippen molar-refractivity contribution in [1.82, 2.24) is 20.2 Å². The van der Waals surface area contributed by atoms with Gasteiger partial charge in [0.1, 0.15) is 6.54 Å².